The predicted molar refractivity (Wildman–Crippen MR) is 78.9 cm³/mol. The van der Waals surface area contributed by atoms with Gasteiger partial charge in [-0.2, -0.15) is 0 Å². The Kier molecular flexibility index (Phi) is 3.03. The Morgan fingerprint density at radius 2 is 1.80 bits per heavy atom. The van der Waals surface area contributed by atoms with Crippen molar-refractivity contribution in [2.75, 3.05) is 0 Å². The number of benzene rings is 1. The van der Waals surface area contributed by atoms with Gasteiger partial charge in [-0.25, -0.2) is 0 Å². The highest BCUT2D eigenvalue weighted by Crippen LogP contribution is 2.21. The van der Waals surface area contributed by atoms with Gasteiger partial charge in [-0.15, -0.1) is 0 Å². The molecule has 0 spiro atoms. The van der Waals surface area contributed by atoms with Gasteiger partial charge in [0.1, 0.15) is 0 Å². The molecule has 0 N–H and O–H groups in total. The molecule has 0 unspecified atom stereocenters. The fourth-order valence-electron chi connectivity index (χ4n) is 2.43. The van der Waals surface area contributed by atoms with Gasteiger partial charge in [0.2, 0.25) is 0 Å². The van der Waals surface area contributed by atoms with E-state index < -0.39 is 0 Å². The zero-order chi connectivity index (χ0) is 14.1. The summed E-state index contributed by atoms with van der Waals surface area (Å²) in [6, 6.07) is 11.3. The molecule has 3 rings (SSSR count). The second kappa shape index (κ2) is 4.85. The smallest absolute Gasteiger partial charge is 0.193 e. The molecule has 0 amide bonds. The van der Waals surface area contributed by atoms with Gasteiger partial charge in [0.05, 0.1) is 0 Å². The van der Waals surface area contributed by atoms with Crippen LogP contribution in [-0.4, -0.2) is 15.8 Å². The molecule has 0 fully saturated rings. The minimum atomic E-state index is 0.0113. The lowest BCUT2D eigenvalue weighted by Gasteiger charge is -2.07. The van der Waals surface area contributed by atoms with E-state index in [0.717, 1.165) is 22.2 Å². The second-order valence-electron chi connectivity index (χ2n) is 4.87. The van der Waals surface area contributed by atoms with Gasteiger partial charge in [0.25, 0.3) is 0 Å². The highest BCUT2D eigenvalue weighted by atomic mass is 16.1. The van der Waals surface area contributed by atoms with Crippen LogP contribution < -0.4 is 0 Å². The summed E-state index contributed by atoms with van der Waals surface area (Å²) in [5.74, 6) is 0.0113. The third-order valence-corrected chi connectivity index (χ3v) is 3.27. The molecular formula is C17H14N2O. The first-order valence-corrected chi connectivity index (χ1v) is 6.48. The van der Waals surface area contributed by atoms with Crippen molar-refractivity contribution < 1.29 is 4.79 Å². The summed E-state index contributed by atoms with van der Waals surface area (Å²) in [4.78, 5) is 21.1. The van der Waals surface area contributed by atoms with E-state index in [1.54, 1.807) is 12.4 Å². The van der Waals surface area contributed by atoms with Crippen LogP contribution in [0.25, 0.3) is 10.8 Å². The van der Waals surface area contributed by atoms with Crippen LogP contribution in [-0.2, 0) is 0 Å². The van der Waals surface area contributed by atoms with E-state index in [0.29, 0.717) is 11.1 Å². The van der Waals surface area contributed by atoms with Crippen LogP contribution >= 0.6 is 0 Å². The molecule has 3 heteroatoms. The topological polar surface area (TPSA) is 42.9 Å². The van der Waals surface area contributed by atoms with Crippen LogP contribution in [0, 0.1) is 13.8 Å². The molecule has 0 saturated carbocycles. The Bertz CT molecular complexity index is 783. The standard InChI is InChI=1S/C17H14N2O/c1-11-8-14(9-12(2)19-11)17(20)15-5-3-4-13-6-7-18-10-16(13)15/h3-10H,1-2H3. The Balaban J connectivity index is 2.17. The summed E-state index contributed by atoms with van der Waals surface area (Å²) in [5, 5.41) is 1.90. The quantitative estimate of drug-likeness (QED) is 0.664. The van der Waals surface area contributed by atoms with Crippen molar-refractivity contribution in [2.24, 2.45) is 0 Å². The van der Waals surface area contributed by atoms with Gasteiger partial charge in [-0.1, -0.05) is 18.2 Å². The van der Waals surface area contributed by atoms with E-state index in [4.69, 9.17) is 0 Å². The lowest BCUT2D eigenvalue weighted by molar-refractivity contribution is 0.104. The van der Waals surface area contributed by atoms with Crippen LogP contribution in [0.1, 0.15) is 27.3 Å². The van der Waals surface area contributed by atoms with Gasteiger partial charge in [-0.3, -0.25) is 14.8 Å². The van der Waals surface area contributed by atoms with E-state index in [2.05, 4.69) is 9.97 Å². The number of rotatable bonds is 2. The summed E-state index contributed by atoms with van der Waals surface area (Å²) in [6.07, 6.45) is 3.47. The van der Waals surface area contributed by atoms with Crippen molar-refractivity contribution in [3.05, 3.63) is 71.3 Å². The van der Waals surface area contributed by atoms with Crippen molar-refractivity contribution in [2.45, 2.75) is 13.8 Å². The van der Waals surface area contributed by atoms with Crippen molar-refractivity contribution in [3.8, 4) is 0 Å². The molecule has 2 heterocycles. The van der Waals surface area contributed by atoms with Crippen LogP contribution in [0.3, 0.4) is 0 Å². The maximum atomic E-state index is 12.7. The molecule has 2 aromatic heterocycles. The average Bonchev–Trinajstić information content (AvgIpc) is 2.45. The van der Waals surface area contributed by atoms with Gasteiger partial charge in [0.15, 0.2) is 5.78 Å². The van der Waals surface area contributed by atoms with Gasteiger partial charge in [0, 0.05) is 40.3 Å². The lowest BCUT2D eigenvalue weighted by Crippen LogP contribution is -2.04. The van der Waals surface area contributed by atoms with Crippen molar-refractivity contribution in [1.82, 2.24) is 9.97 Å². The molecule has 0 aliphatic rings. The number of pyridine rings is 2. The summed E-state index contributed by atoms with van der Waals surface area (Å²) in [7, 11) is 0. The minimum absolute atomic E-state index is 0.0113. The van der Waals surface area contributed by atoms with E-state index in [-0.39, 0.29) is 5.78 Å². The maximum absolute atomic E-state index is 12.7. The van der Waals surface area contributed by atoms with Crippen LogP contribution in [0.4, 0.5) is 0 Å². The lowest BCUT2D eigenvalue weighted by atomic mass is 9.98. The summed E-state index contributed by atoms with van der Waals surface area (Å²) >= 11 is 0. The molecule has 0 saturated heterocycles. The van der Waals surface area contributed by atoms with Crippen molar-refractivity contribution in [1.29, 1.82) is 0 Å². The number of aryl methyl sites for hydroxylation is 2. The normalized spacial score (nSPS) is 10.7. The Morgan fingerprint density at radius 1 is 1.05 bits per heavy atom. The number of carbonyl (C=O) groups excluding carboxylic acids is 1. The first-order valence-electron chi connectivity index (χ1n) is 6.48. The van der Waals surface area contributed by atoms with E-state index in [1.165, 1.54) is 0 Å². The zero-order valence-electron chi connectivity index (χ0n) is 11.4. The van der Waals surface area contributed by atoms with E-state index >= 15 is 0 Å². The zero-order valence-corrected chi connectivity index (χ0v) is 11.4. The fraction of sp³-hybridized carbons (Fsp3) is 0.118. The number of aromatic nitrogens is 2. The number of fused-ring (bicyclic) bond motifs is 1. The largest absolute Gasteiger partial charge is 0.289 e. The molecule has 3 nitrogen and oxygen atoms in total. The molecule has 0 aliphatic heterocycles. The summed E-state index contributed by atoms with van der Waals surface area (Å²) in [6.45, 7) is 3.79. The Hall–Kier alpha value is -2.55. The van der Waals surface area contributed by atoms with Crippen molar-refractivity contribution in [3.63, 3.8) is 0 Å². The van der Waals surface area contributed by atoms with Crippen LogP contribution in [0.5, 0.6) is 0 Å². The Labute approximate surface area is 117 Å². The number of ketones is 1. The van der Waals surface area contributed by atoms with Crippen LogP contribution in [0.2, 0.25) is 0 Å². The molecule has 0 atom stereocenters. The molecule has 0 bridgehead atoms. The highest BCUT2D eigenvalue weighted by Gasteiger charge is 2.13. The third kappa shape index (κ3) is 2.18. The summed E-state index contributed by atoms with van der Waals surface area (Å²) in [5.41, 5.74) is 3.06. The molecule has 0 aliphatic carbocycles. The predicted octanol–water partition coefficient (Wildman–Crippen LogP) is 3.48. The van der Waals surface area contributed by atoms with E-state index in [9.17, 15) is 4.79 Å². The van der Waals surface area contributed by atoms with Crippen molar-refractivity contribution >= 4 is 16.6 Å². The van der Waals surface area contributed by atoms with Gasteiger partial charge in [-0.05, 0) is 37.4 Å². The SMILES string of the molecule is Cc1cc(C(=O)c2cccc3ccncc23)cc(C)n1. The highest BCUT2D eigenvalue weighted by molar-refractivity contribution is 6.16. The molecule has 20 heavy (non-hydrogen) atoms. The molecule has 0 radical (unpaired) electrons. The first-order chi connectivity index (χ1) is 9.65. The number of carbonyl (C=O) groups is 1. The molecule has 98 valence electrons. The summed E-state index contributed by atoms with van der Waals surface area (Å²) < 4.78 is 0. The van der Waals surface area contributed by atoms with Gasteiger partial charge < -0.3 is 0 Å². The second-order valence-corrected chi connectivity index (χ2v) is 4.87. The molecule has 3 aromatic rings. The first kappa shape index (κ1) is 12.5. The number of hydrogen-bond acceptors (Lipinski definition) is 3. The maximum Gasteiger partial charge on any atom is 0.193 e. The average molecular weight is 262 g/mol. The monoisotopic (exact) mass is 262 g/mol. The molecule has 1 aromatic carbocycles. The third-order valence-electron chi connectivity index (χ3n) is 3.27. The van der Waals surface area contributed by atoms with E-state index in [1.807, 2.05) is 50.2 Å². The number of nitrogens with zero attached hydrogens (tertiary/aromatic N) is 2. The minimum Gasteiger partial charge on any atom is -0.289 e. The fourth-order valence-corrected chi connectivity index (χ4v) is 2.43. The molecular weight excluding hydrogens is 248 g/mol. The Morgan fingerprint density at radius 3 is 2.55 bits per heavy atom. The van der Waals surface area contributed by atoms with Crippen LogP contribution in [0.15, 0.2) is 48.8 Å². The van der Waals surface area contributed by atoms with Gasteiger partial charge >= 0.3 is 0 Å². The number of hydrogen-bond donors (Lipinski definition) is 0.